The Morgan fingerprint density at radius 3 is 2.40 bits per heavy atom. The first kappa shape index (κ1) is 13.9. The second-order valence-electron chi connectivity index (χ2n) is 3.36. The third-order valence-electron chi connectivity index (χ3n) is 1.94. The SMILES string of the molecule is CC(O)C(=O)NC(CCCCN)C(=O)O. The number of carbonyl (C=O) groups is 2. The van der Waals surface area contributed by atoms with Gasteiger partial charge in [0.05, 0.1) is 0 Å². The number of carboxylic acid groups (broad SMARTS) is 1. The van der Waals surface area contributed by atoms with Crippen molar-refractivity contribution in [1.82, 2.24) is 5.32 Å². The van der Waals surface area contributed by atoms with E-state index in [1.807, 2.05) is 0 Å². The van der Waals surface area contributed by atoms with Crippen LogP contribution in [0, 0.1) is 0 Å². The predicted octanol–water partition coefficient (Wildman–Crippen LogP) is -0.934. The van der Waals surface area contributed by atoms with Crippen LogP contribution >= 0.6 is 0 Å². The van der Waals surface area contributed by atoms with E-state index in [0.717, 1.165) is 0 Å². The van der Waals surface area contributed by atoms with Gasteiger partial charge in [-0.2, -0.15) is 0 Å². The molecule has 0 saturated heterocycles. The monoisotopic (exact) mass is 218 g/mol. The molecule has 0 aliphatic carbocycles. The maximum atomic E-state index is 11.0. The van der Waals surface area contributed by atoms with Gasteiger partial charge >= 0.3 is 5.97 Å². The quantitative estimate of drug-likeness (QED) is 0.412. The average Bonchev–Trinajstić information content (AvgIpc) is 2.15. The summed E-state index contributed by atoms with van der Waals surface area (Å²) >= 11 is 0. The molecule has 0 heterocycles. The lowest BCUT2D eigenvalue weighted by Gasteiger charge is -2.15. The molecule has 88 valence electrons. The van der Waals surface area contributed by atoms with E-state index in [-0.39, 0.29) is 0 Å². The van der Waals surface area contributed by atoms with E-state index in [1.54, 1.807) is 0 Å². The lowest BCUT2D eigenvalue weighted by atomic mass is 10.1. The van der Waals surface area contributed by atoms with Crippen molar-refractivity contribution >= 4 is 11.9 Å². The van der Waals surface area contributed by atoms with Crippen LogP contribution < -0.4 is 11.1 Å². The molecule has 0 aromatic carbocycles. The fraction of sp³-hybridized carbons (Fsp3) is 0.778. The molecule has 15 heavy (non-hydrogen) atoms. The van der Waals surface area contributed by atoms with Crippen molar-refractivity contribution in [2.75, 3.05) is 6.54 Å². The molecule has 2 atom stereocenters. The van der Waals surface area contributed by atoms with Crippen molar-refractivity contribution in [2.45, 2.75) is 38.3 Å². The summed E-state index contributed by atoms with van der Waals surface area (Å²) in [6.07, 6.45) is 0.480. The van der Waals surface area contributed by atoms with Gasteiger partial charge in [0.15, 0.2) is 0 Å². The predicted molar refractivity (Wildman–Crippen MR) is 54.2 cm³/mol. The third kappa shape index (κ3) is 6.03. The van der Waals surface area contributed by atoms with Gasteiger partial charge in [0.2, 0.25) is 5.91 Å². The smallest absolute Gasteiger partial charge is 0.326 e. The molecule has 0 aromatic rings. The molecule has 0 radical (unpaired) electrons. The number of hydrogen-bond donors (Lipinski definition) is 4. The van der Waals surface area contributed by atoms with Crippen LogP contribution in [0.5, 0.6) is 0 Å². The number of nitrogens with two attached hydrogens (primary N) is 1. The van der Waals surface area contributed by atoms with Crippen LogP contribution in [0.15, 0.2) is 0 Å². The zero-order valence-electron chi connectivity index (χ0n) is 8.77. The lowest BCUT2D eigenvalue weighted by molar-refractivity contribution is -0.143. The van der Waals surface area contributed by atoms with Gasteiger partial charge in [-0.3, -0.25) is 4.79 Å². The summed E-state index contributed by atoms with van der Waals surface area (Å²) in [5, 5.41) is 19.9. The van der Waals surface area contributed by atoms with Crippen LogP contribution in [-0.4, -0.2) is 40.8 Å². The molecule has 0 rings (SSSR count). The number of nitrogens with one attached hydrogen (secondary N) is 1. The fourth-order valence-corrected chi connectivity index (χ4v) is 1.04. The summed E-state index contributed by atoms with van der Waals surface area (Å²) < 4.78 is 0. The van der Waals surface area contributed by atoms with E-state index in [9.17, 15) is 9.59 Å². The topological polar surface area (TPSA) is 113 Å². The van der Waals surface area contributed by atoms with Crippen molar-refractivity contribution in [2.24, 2.45) is 5.73 Å². The van der Waals surface area contributed by atoms with Crippen molar-refractivity contribution in [3.8, 4) is 0 Å². The maximum Gasteiger partial charge on any atom is 0.326 e. The Hall–Kier alpha value is -1.14. The first-order valence-corrected chi connectivity index (χ1v) is 4.90. The molecule has 0 spiro atoms. The zero-order chi connectivity index (χ0) is 11.8. The standard InChI is InChI=1S/C9H18N2O4/c1-6(12)8(13)11-7(9(14)15)4-2-3-5-10/h6-7,12H,2-5,10H2,1H3,(H,11,13)(H,14,15). The first-order chi connectivity index (χ1) is 6.99. The van der Waals surface area contributed by atoms with Crippen molar-refractivity contribution in [3.05, 3.63) is 0 Å². The largest absolute Gasteiger partial charge is 0.480 e. The Kier molecular flexibility index (Phi) is 6.64. The highest BCUT2D eigenvalue weighted by atomic mass is 16.4. The molecule has 1 amide bonds. The number of hydrogen-bond acceptors (Lipinski definition) is 4. The molecular weight excluding hydrogens is 200 g/mol. The summed E-state index contributed by atoms with van der Waals surface area (Å²) in [7, 11) is 0. The summed E-state index contributed by atoms with van der Waals surface area (Å²) in [5.41, 5.74) is 5.27. The summed E-state index contributed by atoms with van der Waals surface area (Å²) in [6.45, 7) is 1.78. The van der Waals surface area contributed by atoms with Crippen LogP contribution in [-0.2, 0) is 9.59 Å². The van der Waals surface area contributed by atoms with Gasteiger partial charge in [-0.15, -0.1) is 0 Å². The fourth-order valence-electron chi connectivity index (χ4n) is 1.04. The molecule has 6 heteroatoms. The number of carbonyl (C=O) groups excluding carboxylic acids is 1. The molecule has 6 nitrogen and oxygen atoms in total. The molecule has 0 aliphatic heterocycles. The Morgan fingerprint density at radius 2 is 2.00 bits per heavy atom. The minimum Gasteiger partial charge on any atom is -0.480 e. The van der Waals surface area contributed by atoms with E-state index in [2.05, 4.69) is 5.32 Å². The molecule has 0 aromatic heterocycles. The highest BCUT2D eigenvalue weighted by Gasteiger charge is 2.21. The number of aliphatic hydroxyl groups is 1. The summed E-state index contributed by atoms with van der Waals surface area (Å²) in [5.74, 6) is -1.77. The minimum absolute atomic E-state index is 0.324. The van der Waals surface area contributed by atoms with Crippen molar-refractivity contribution in [1.29, 1.82) is 0 Å². The summed E-state index contributed by atoms with van der Waals surface area (Å²) in [6, 6.07) is -0.946. The average molecular weight is 218 g/mol. The molecule has 2 unspecified atom stereocenters. The number of aliphatic carboxylic acids is 1. The van der Waals surface area contributed by atoms with Gasteiger partial charge in [-0.05, 0) is 32.7 Å². The highest BCUT2D eigenvalue weighted by Crippen LogP contribution is 2.01. The normalized spacial score (nSPS) is 14.3. The second kappa shape index (κ2) is 7.19. The Morgan fingerprint density at radius 1 is 1.40 bits per heavy atom. The van der Waals surface area contributed by atoms with Gasteiger partial charge in [0.1, 0.15) is 12.1 Å². The van der Waals surface area contributed by atoms with Gasteiger partial charge in [0, 0.05) is 0 Å². The van der Waals surface area contributed by atoms with E-state index in [0.29, 0.717) is 25.8 Å². The Balaban J connectivity index is 4.05. The summed E-state index contributed by atoms with van der Waals surface area (Å²) in [4.78, 5) is 21.8. The van der Waals surface area contributed by atoms with Gasteiger partial charge < -0.3 is 21.3 Å². The zero-order valence-corrected chi connectivity index (χ0v) is 8.77. The number of carboxylic acids is 1. The van der Waals surface area contributed by atoms with Crippen LogP contribution in [0.2, 0.25) is 0 Å². The number of aliphatic hydroxyl groups excluding tert-OH is 1. The Labute approximate surface area is 88.5 Å². The molecule has 0 fully saturated rings. The van der Waals surface area contributed by atoms with E-state index < -0.39 is 24.0 Å². The van der Waals surface area contributed by atoms with E-state index in [4.69, 9.17) is 15.9 Å². The van der Waals surface area contributed by atoms with Crippen molar-refractivity contribution < 1.29 is 19.8 Å². The molecule has 0 aliphatic rings. The highest BCUT2D eigenvalue weighted by molar-refractivity contribution is 5.85. The van der Waals surface area contributed by atoms with Crippen molar-refractivity contribution in [3.63, 3.8) is 0 Å². The Bertz CT molecular complexity index is 218. The maximum absolute atomic E-state index is 11.0. The van der Waals surface area contributed by atoms with Gasteiger partial charge in [-0.25, -0.2) is 4.79 Å². The molecular formula is C9H18N2O4. The van der Waals surface area contributed by atoms with Crippen LogP contribution in [0.3, 0.4) is 0 Å². The lowest BCUT2D eigenvalue weighted by Crippen LogP contribution is -2.44. The first-order valence-electron chi connectivity index (χ1n) is 4.90. The van der Waals surface area contributed by atoms with Crippen LogP contribution in [0.4, 0.5) is 0 Å². The van der Waals surface area contributed by atoms with E-state index >= 15 is 0 Å². The molecule has 5 N–H and O–H groups in total. The number of rotatable bonds is 7. The van der Waals surface area contributed by atoms with E-state index in [1.165, 1.54) is 6.92 Å². The molecule has 0 bridgehead atoms. The second-order valence-corrected chi connectivity index (χ2v) is 3.36. The molecule has 0 saturated carbocycles. The minimum atomic E-state index is -1.19. The third-order valence-corrected chi connectivity index (χ3v) is 1.94. The van der Waals surface area contributed by atoms with Crippen LogP contribution in [0.1, 0.15) is 26.2 Å². The van der Waals surface area contributed by atoms with Gasteiger partial charge in [0.25, 0.3) is 0 Å². The van der Waals surface area contributed by atoms with Crippen LogP contribution in [0.25, 0.3) is 0 Å². The number of unbranched alkanes of at least 4 members (excludes halogenated alkanes) is 1. The van der Waals surface area contributed by atoms with Gasteiger partial charge in [-0.1, -0.05) is 0 Å². The number of amides is 1.